The molecule has 0 bridgehead atoms. The van der Waals surface area contributed by atoms with E-state index < -0.39 is 0 Å². The summed E-state index contributed by atoms with van der Waals surface area (Å²) in [7, 11) is 0. The Morgan fingerprint density at radius 3 is 2.62 bits per heavy atom. The topological polar surface area (TPSA) is 55.1 Å². The van der Waals surface area contributed by atoms with Gasteiger partial charge in [-0.2, -0.15) is 0 Å². The van der Waals surface area contributed by atoms with E-state index in [0.717, 1.165) is 11.1 Å². The molecule has 3 N–H and O–H groups in total. The van der Waals surface area contributed by atoms with Crippen LogP contribution in [0.1, 0.15) is 21.5 Å². The second kappa shape index (κ2) is 6.94. The van der Waals surface area contributed by atoms with E-state index in [1.165, 1.54) is 0 Å². The molecule has 0 radical (unpaired) electrons. The molecule has 1 amide bonds. The molecule has 0 aromatic heterocycles. The van der Waals surface area contributed by atoms with Gasteiger partial charge in [-0.25, -0.2) is 0 Å². The molecular weight excluding hydrogens is 284 g/mol. The molecule has 0 spiro atoms. The summed E-state index contributed by atoms with van der Waals surface area (Å²) in [5, 5.41) is 3.46. The molecule has 2 aromatic rings. The van der Waals surface area contributed by atoms with Crippen molar-refractivity contribution in [3.63, 3.8) is 0 Å². The van der Waals surface area contributed by atoms with Crippen molar-refractivity contribution >= 4 is 23.2 Å². The smallest absolute Gasteiger partial charge is 0.255 e. The monoisotopic (exact) mass is 298 g/mol. The summed E-state index contributed by atoms with van der Waals surface area (Å²) in [5.41, 5.74) is 8.39. The third-order valence-corrected chi connectivity index (χ3v) is 3.11. The van der Waals surface area contributed by atoms with Gasteiger partial charge < -0.3 is 11.1 Å². The normalized spacial score (nSPS) is 9.67. The Bertz CT molecular complexity index is 712. The molecule has 0 aliphatic rings. The van der Waals surface area contributed by atoms with Gasteiger partial charge in [-0.3, -0.25) is 4.79 Å². The number of carbonyl (C=O) groups is 1. The Labute approximate surface area is 129 Å². The van der Waals surface area contributed by atoms with Gasteiger partial charge >= 0.3 is 0 Å². The maximum absolute atomic E-state index is 12.2. The van der Waals surface area contributed by atoms with Crippen molar-refractivity contribution in [3.8, 4) is 11.8 Å². The van der Waals surface area contributed by atoms with E-state index in [1.807, 2.05) is 25.1 Å². The van der Waals surface area contributed by atoms with Crippen molar-refractivity contribution in [1.29, 1.82) is 0 Å². The zero-order valence-electron chi connectivity index (χ0n) is 11.6. The van der Waals surface area contributed by atoms with E-state index >= 15 is 0 Å². The third kappa shape index (κ3) is 4.09. The van der Waals surface area contributed by atoms with Crippen LogP contribution in [0.25, 0.3) is 0 Å². The number of aryl methyl sites for hydroxylation is 1. The summed E-state index contributed by atoms with van der Waals surface area (Å²) in [6.45, 7) is 2.23. The standard InChI is InChI=1S/C17H15ClN2O/c1-12-4-5-13(3-2-10-19)16(11-12)20-17(21)14-6-8-15(18)9-7-14/h4-9,11H,10,19H2,1H3,(H,20,21). The Kier molecular flexibility index (Phi) is 4.99. The molecule has 4 heteroatoms. The first-order valence-corrected chi connectivity index (χ1v) is 6.84. The summed E-state index contributed by atoms with van der Waals surface area (Å²) in [6, 6.07) is 12.4. The van der Waals surface area contributed by atoms with Crippen molar-refractivity contribution in [2.75, 3.05) is 11.9 Å². The highest BCUT2D eigenvalue weighted by Crippen LogP contribution is 2.18. The summed E-state index contributed by atoms with van der Waals surface area (Å²) in [6.07, 6.45) is 0. The van der Waals surface area contributed by atoms with Crippen molar-refractivity contribution < 1.29 is 4.79 Å². The maximum atomic E-state index is 12.2. The predicted molar refractivity (Wildman–Crippen MR) is 86.5 cm³/mol. The molecule has 21 heavy (non-hydrogen) atoms. The van der Waals surface area contributed by atoms with Gasteiger partial charge in [0.15, 0.2) is 0 Å². The minimum Gasteiger partial charge on any atom is -0.321 e. The van der Waals surface area contributed by atoms with Crippen LogP contribution >= 0.6 is 11.6 Å². The lowest BCUT2D eigenvalue weighted by molar-refractivity contribution is 0.102. The zero-order valence-corrected chi connectivity index (χ0v) is 12.4. The number of nitrogens with two attached hydrogens (primary N) is 1. The van der Waals surface area contributed by atoms with E-state index in [2.05, 4.69) is 17.2 Å². The van der Waals surface area contributed by atoms with E-state index in [9.17, 15) is 4.79 Å². The Balaban J connectivity index is 2.27. The fourth-order valence-corrected chi connectivity index (χ4v) is 1.94. The fourth-order valence-electron chi connectivity index (χ4n) is 1.81. The number of rotatable bonds is 2. The van der Waals surface area contributed by atoms with Crippen LogP contribution in [0.2, 0.25) is 5.02 Å². The number of amides is 1. The summed E-state index contributed by atoms with van der Waals surface area (Å²) in [5.74, 6) is 5.55. The highest BCUT2D eigenvalue weighted by atomic mass is 35.5. The first-order chi connectivity index (χ1) is 10.1. The number of hydrogen-bond donors (Lipinski definition) is 2. The molecule has 3 nitrogen and oxygen atoms in total. The highest BCUT2D eigenvalue weighted by Gasteiger charge is 2.08. The quantitative estimate of drug-likeness (QED) is 0.837. The SMILES string of the molecule is Cc1ccc(C#CCN)c(NC(=O)c2ccc(Cl)cc2)c1. The van der Waals surface area contributed by atoms with Crippen LogP contribution in [0.15, 0.2) is 42.5 Å². The number of carbonyl (C=O) groups excluding carboxylic acids is 1. The van der Waals surface area contributed by atoms with Crippen LogP contribution < -0.4 is 11.1 Å². The minimum atomic E-state index is -0.201. The van der Waals surface area contributed by atoms with Crippen LogP contribution in [0, 0.1) is 18.8 Å². The van der Waals surface area contributed by atoms with Crippen molar-refractivity contribution in [2.45, 2.75) is 6.92 Å². The van der Waals surface area contributed by atoms with Gasteiger partial charge in [0.25, 0.3) is 5.91 Å². The van der Waals surface area contributed by atoms with Gasteiger partial charge in [-0.1, -0.05) is 29.5 Å². The Morgan fingerprint density at radius 2 is 1.95 bits per heavy atom. The number of anilines is 1. The number of halogens is 1. The van der Waals surface area contributed by atoms with E-state index in [4.69, 9.17) is 17.3 Å². The summed E-state index contributed by atoms with van der Waals surface area (Å²) < 4.78 is 0. The largest absolute Gasteiger partial charge is 0.321 e. The second-order valence-electron chi connectivity index (χ2n) is 4.52. The lowest BCUT2D eigenvalue weighted by atomic mass is 10.1. The third-order valence-electron chi connectivity index (χ3n) is 2.85. The molecule has 0 atom stereocenters. The van der Waals surface area contributed by atoms with Gasteiger partial charge in [0.2, 0.25) is 0 Å². The number of nitrogens with one attached hydrogen (secondary N) is 1. The van der Waals surface area contributed by atoms with Crippen LogP contribution in [0.5, 0.6) is 0 Å². The van der Waals surface area contributed by atoms with Crippen LogP contribution in [0.4, 0.5) is 5.69 Å². The maximum Gasteiger partial charge on any atom is 0.255 e. The average molecular weight is 299 g/mol. The molecule has 0 saturated carbocycles. The van der Waals surface area contributed by atoms with Gasteiger partial charge in [0.1, 0.15) is 0 Å². The molecule has 0 aliphatic carbocycles. The van der Waals surface area contributed by atoms with E-state index in [-0.39, 0.29) is 12.5 Å². The average Bonchev–Trinajstić information content (AvgIpc) is 2.47. The molecule has 106 valence electrons. The molecular formula is C17H15ClN2O. The lowest BCUT2D eigenvalue weighted by Crippen LogP contribution is -2.13. The van der Waals surface area contributed by atoms with Gasteiger partial charge in [-0.15, -0.1) is 0 Å². The van der Waals surface area contributed by atoms with Gasteiger partial charge in [0.05, 0.1) is 12.2 Å². The number of benzene rings is 2. The summed E-state index contributed by atoms with van der Waals surface area (Å²) >= 11 is 5.82. The molecule has 2 rings (SSSR count). The van der Waals surface area contributed by atoms with Crippen molar-refractivity contribution in [2.24, 2.45) is 5.73 Å². The first kappa shape index (κ1) is 15.1. The van der Waals surface area contributed by atoms with E-state index in [0.29, 0.717) is 16.3 Å². The number of hydrogen-bond acceptors (Lipinski definition) is 2. The van der Waals surface area contributed by atoms with Gasteiger partial charge in [0, 0.05) is 16.1 Å². The van der Waals surface area contributed by atoms with Crippen LogP contribution in [0.3, 0.4) is 0 Å². The Hall–Kier alpha value is -2.28. The predicted octanol–water partition coefficient (Wildman–Crippen LogP) is 3.21. The van der Waals surface area contributed by atoms with Crippen LogP contribution in [-0.2, 0) is 0 Å². The van der Waals surface area contributed by atoms with Crippen LogP contribution in [-0.4, -0.2) is 12.5 Å². The Morgan fingerprint density at radius 1 is 1.24 bits per heavy atom. The summed E-state index contributed by atoms with van der Waals surface area (Å²) in [4.78, 5) is 12.2. The second-order valence-corrected chi connectivity index (χ2v) is 4.95. The molecule has 2 aromatic carbocycles. The lowest BCUT2D eigenvalue weighted by Gasteiger charge is -2.09. The highest BCUT2D eigenvalue weighted by molar-refractivity contribution is 6.30. The first-order valence-electron chi connectivity index (χ1n) is 6.46. The minimum absolute atomic E-state index is 0.201. The zero-order chi connectivity index (χ0) is 15.2. The van der Waals surface area contributed by atoms with Crippen molar-refractivity contribution in [3.05, 3.63) is 64.2 Å². The fraction of sp³-hybridized carbons (Fsp3) is 0.118. The van der Waals surface area contributed by atoms with Gasteiger partial charge in [-0.05, 0) is 48.9 Å². The molecule has 0 unspecified atom stereocenters. The van der Waals surface area contributed by atoms with Crippen molar-refractivity contribution in [1.82, 2.24) is 0 Å². The molecule has 0 saturated heterocycles. The van der Waals surface area contributed by atoms with E-state index in [1.54, 1.807) is 24.3 Å². The molecule has 0 heterocycles. The molecule has 0 aliphatic heterocycles. The molecule has 0 fully saturated rings.